The maximum Gasteiger partial charge on any atom is 0.260 e. The van der Waals surface area contributed by atoms with Crippen LogP contribution in [0.5, 0.6) is 0 Å². The van der Waals surface area contributed by atoms with Gasteiger partial charge in [-0.2, -0.15) is 0 Å². The van der Waals surface area contributed by atoms with Crippen LogP contribution in [0.2, 0.25) is 0 Å². The van der Waals surface area contributed by atoms with E-state index in [1.165, 1.54) is 0 Å². The number of nitrogens with one attached hydrogen (secondary N) is 1. The second-order valence-electron chi connectivity index (χ2n) is 6.37. The highest BCUT2D eigenvalue weighted by Gasteiger charge is 2.62. The first-order chi connectivity index (χ1) is 12.2. The van der Waals surface area contributed by atoms with Gasteiger partial charge in [-0.15, -0.1) is 0 Å². The topological polar surface area (TPSA) is 58.6 Å². The van der Waals surface area contributed by atoms with Crippen molar-refractivity contribution in [2.45, 2.75) is 31.0 Å². The van der Waals surface area contributed by atoms with Crippen LogP contribution in [-0.2, 0) is 19.9 Å². The molecule has 0 aliphatic carbocycles. The standard InChI is InChI=1S/C20H20N2O3/c1-2-25-17-13-16-18(23)21-20(17,14-9-5-3-6-10-14)19(24)22(16)15-11-7-4-8-12-15/h3-12,16-17H,2,13H2,1H3,(H,21,23)/t16-,17-,20-/m1/s1. The van der Waals surface area contributed by atoms with E-state index in [2.05, 4.69) is 5.32 Å². The molecule has 2 amide bonds. The molecule has 5 rings (SSSR count). The highest BCUT2D eigenvalue weighted by molar-refractivity contribution is 6.13. The fourth-order valence-electron chi connectivity index (χ4n) is 3.95. The summed E-state index contributed by atoms with van der Waals surface area (Å²) in [5.41, 5.74) is 0.312. The van der Waals surface area contributed by atoms with E-state index in [1.54, 1.807) is 4.90 Å². The molecule has 0 spiro atoms. The molecular weight excluding hydrogens is 316 g/mol. The van der Waals surface area contributed by atoms with Crippen molar-refractivity contribution in [2.24, 2.45) is 0 Å². The van der Waals surface area contributed by atoms with Crippen molar-refractivity contribution in [3.63, 3.8) is 0 Å². The molecule has 3 saturated heterocycles. The highest BCUT2D eigenvalue weighted by atomic mass is 16.5. The summed E-state index contributed by atoms with van der Waals surface area (Å²) >= 11 is 0. The number of amides is 2. The van der Waals surface area contributed by atoms with E-state index in [0.29, 0.717) is 13.0 Å². The van der Waals surface area contributed by atoms with E-state index in [0.717, 1.165) is 11.3 Å². The van der Waals surface area contributed by atoms with Crippen LogP contribution >= 0.6 is 0 Å². The molecule has 3 aliphatic rings. The molecule has 3 aliphatic heterocycles. The minimum atomic E-state index is -1.18. The number of para-hydroxylation sites is 1. The predicted molar refractivity (Wildman–Crippen MR) is 94.0 cm³/mol. The van der Waals surface area contributed by atoms with Gasteiger partial charge in [0.25, 0.3) is 5.91 Å². The second-order valence-corrected chi connectivity index (χ2v) is 6.37. The van der Waals surface area contributed by atoms with Crippen LogP contribution in [0.1, 0.15) is 18.9 Å². The summed E-state index contributed by atoms with van der Waals surface area (Å²) in [7, 11) is 0. The van der Waals surface area contributed by atoms with Gasteiger partial charge < -0.3 is 10.1 Å². The molecule has 3 heterocycles. The third kappa shape index (κ3) is 2.27. The van der Waals surface area contributed by atoms with E-state index in [1.807, 2.05) is 67.6 Å². The molecule has 2 aromatic carbocycles. The number of ether oxygens (including phenoxy) is 1. The van der Waals surface area contributed by atoms with Crippen LogP contribution in [0, 0.1) is 0 Å². The first-order valence-corrected chi connectivity index (χ1v) is 8.56. The largest absolute Gasteiger partial charge is 0.375 e. The molecule has 2 aromatic rings. The van der Waals surface area contributed by atoms with E-state index in [9.17, 15) is 9.59 Å². The lowest BCUT2D eigenvalue weighted by Gasteiger charge is -2.55. The lowest BCUT2D eigenvalue weighted by Crippen LogP contribution is -2.78. The van der Waals surface area contributed by atoms with Gasteiger partial charge in [-0.05, 0) is 24.6 Å². The van der Waals surface area contributed by atoms with Crippen molar-refractivity contribution < 1.29 is 14.3 Å². The number of carbonyl (C=O) groups is 2. The lowest BCUT2D eigenvalue weighted by molar-refractivity contribution is -0.156. The van der Waals surface area contributed by atoms with Crippen molar-refractivity contribution in [1.29, 1.82) is 0 Å². The van der Waals surface area contributed by atoms with Gasteiger partial charge >= 0.3 is 0 Å². The van der Waals surface area contributed by atoms with Gasteiger partial charge in [-0.3, -0.25) is 14.5 Å². The van der Waals surface area contributed by atoms with Crippen molar-refractivity contribution in [3.05, 3.63) is 66.2 Å². The minimum Gasteiger partial charge on any atom is -0.375 e. The SMILES string of the molecule is CCO[C@@H]1C[C@@H]2C(=O)N[C@@]1(c1ccccc1)C(=O)N2c1ccccc1. The average Bonchev–Trinajstić information content (AvgIpc) is 2.65. The molecule has 3 fully saturated rings. The van der Waals surface area contributed by atoms with E-state index < -0.39 is 11.6 Å². The Morgan fingerprint density at radius 3 is 2.36 bits per heavy atom. The van der Waals surface area contributed by atoms with Gasteiger partial charge in [-0.25, -0.2) is 0 Å². The summed E-state index contributed by atoms with van der Waals surface area (Å²) in [5, 5.41) is 2.97. The first kappa shape index (κ1) is 15.8. The van der Waals surface area contributed by atoms with Crippen LogP contribution in [0.25, 0.3) is 0 Å². The molecule has 0 saturated carbocycles. The molecule has 5 nitrogen and oxygen atoms in total. The number of hydrogen-bond acceptors (Lipinski definition) is 3. The Morgan fingerprint density at radius 2 is 1.72 bits per heavy atom. The Labute approximate surface area is 146 Å². The number of nitrogens with zero attached hydrogens (tertiary/aromatic N) is 1. The van der Waals surface area contributed by atoms with Gasteiger partial charge in [0, 0.05) is 18.7 Å². The molecule has 3 atom stereocenters. The summed E-state index contributed by atoms with van der Waals surface area (Å²) in [6, 6.07) is 18.2. The number of carbonyl (C=O) groups excluding carboxylic acids is 2. The number of fused-ring (bicyclic) bond motifs is 3. The van der Waals surface area contributed by atoms with Crippen LogP contribution in [0.15, 0.2) is 60.7 Å². The van der Waals surface area contributed by atoms with Gasteiger partial charge in [-0.1, -0.05) is 48.5 Å². The number of piperidine rings is 2. The van der Waals surface area contributed by atoms with E-state index >= 15 is 0 Å². The second kappa shape index (κ2) is 6.01. The molecule has 0 aromatic heterocycles. The Bertz CT molecular complexity index is 793. The summed E-state index contributed by atoms with van der Waals surface area (Å²) in [4.78, 5) is 28.0. The zero-order valence-electron chi connectivity index (χ0n) is 14.0. The normalized spacial score (nSPS) is 28.1. The third-order valence-electron chi connectivity index (χ3n) is 5.04. The quantitative estimate of drug-likeness (QED) is 0.931. The fraction of sp³-hybridized carbons (Fsp3) is 0.300. The Morgan fingerprint density at radius 1 is 1.08 bits per heavy atom. The van der Waals surface area contributed by atoms with Gasteiger partial charge in [0.1, 0.15) is 6.04 Å². The summed E-state index contributed by atoms with van der Waals surface area (Å²) < 4.78 is 5.92. The Kier molecular flexibility index (Phi) is 3.81. The van der Waals surface area contributed by atoms with Crippen molar-refractivity contribution in [1.82, 2.24) is 5.32 Å². The number of hydrogen-bond donors (Lipinski definition) is 1. The molecular formula is C20H20N2O3. The smallest absolute Gasteiger partial charge is 0.260 e. The maximum absolute atomic E-state index is 13.6. The van der Waals surface area contributed by atoms with Crippen LogP contribution in [0.4, 0.5) is 5.69 Å². The first-order valence-electron chi connectivity index (χ1n) is 8.56. The zero-order valence-corrected chi connectivity index (χ0v) is 14.0. The molecule has 128 valence electrons. The summed E-state index contributed by atoms with van der Waals surface area (Å²) in [6.07, 6.45) is 0.102. The van der Waals surface area contributed by atoms with E-state index in [-0.39, 0.29) is 17.9 Å². The van der Waals surface area contributed by atoms with Crippen molar-refractivity contribution >= 4 is 17.5 Å². The summed E-state index contributed by atoms with van der Waals surface area (Å²) in [5.74, 6) is -0.276. The fourth-order valence-corrected chi connectivity index (χ4v) is 3.95. The van der Waals surface area contributed by atoms with Crippen LogP contribution in [0.3, 0.4) is 0 Å². The highest BCUT2D eigenvalue weighted by Crippen LogP contribution is 2.43. The van der Waals surface area contributed by atoms with Gasteiger partial charge in [0.05, 0.1) is 6.10 Å². The van der Waals surface area contributed by atoms with E-state index in [4.69, 9.17) is 4.74 Å². The lowest BCUT2D eigenvalue weighted by atomic mass is 9.72. The Balaban J connectivity index is 1.87. The van der Waals surface area contributed by atoms with Crippen molar-refractivity contribution in [2.75, 3.05) is 11.5 Å². The monoisotopic (exact) mass is 336 g/mol. The third-order valence-corrected chi connectivity index (χ3v) is 5.04. The maximum atomic E-state index is 13.6. The number of benzene rings is 2. The molecule has 2 bridgehead atoms. The molecule has 0 radical (unpaired) electrons. The number of rotatable bonds is 4. The van der Waals surface area contributed by atoms with Crippen LogP contribution in [-0.4, -0.2) is 30.6 Å². The number of piperazine rings is 1. The number of anilines is 1. The predicted octanol–water partition coefficient (Wildman–Crippen LogP) is 2.22. The molecule has 0 unspecified atom stereocenters. The van der Waals surface area contributed by atoms with Gasteiger partial charge in [0.2, 0.25) is 5.91 Å². The zero-order chi connectivity index (χ0) is 17.4. The average molecular weight is 336 g/mol. The minimum absolute atomic E-state index is 0.136. The summed E-state index contributed by atoms with van der Waals surface area (Å²) in [6.45, 7) is 2.39. The molecule has 1 N–H and O–H groups in total. The Hall–Kier alpha value is -2.66. The van der Waals surface area contributed by atoms with Crippen LogP contribution < -0.4 is 10.2 Å². The van der Waals surface area contributed by atoms with Gasteiger partial charge in [0.15, 0.2) is 5.54 Å². The molecule has 5 heteroatoms. The molecule has 25 heavy (non-hydrogen) atoms. The van der Waals surface area contributed by atoms with Crippen molar-refractivity contribution in [3.8, 4) is 0 Å².